The zero-order chi connectivity index (χ0) is 15.6. The molecule has 6 heteroatoms. The first-order valence-electron chi connectivity index (χ1n) is 7.61. The smallest absolute Gasteiger partial charge is 0.0237 e. The molecule has 2 radical (unpaired) electrons. The van der Waals surface area contributed by atoms with Crippen LogP contribution in [0.2, 0.25) is 0 Å². The van der Waals surface area contributed by atoms with E-state index in [-0.39, 0.29) is 76.5 Å². The van der Waals surface area contributed by atoms with Crippen LogP contribution in [0.1, 0.15) is 41.5 Å². The molecular formula is C16H34N4Y2-2. The predicted molar refractivity (Wildman–Crippen MR) is 86.8 cm³/mol. The quantitative estimate of drug-likeness (QED) is 0.598. The van der Waals surface area contributed by atoms with Gasteiger partial charge in [0.05, 0.1) is 0 Å². The fraction of sp³-hybridized carbons (Fsp3) is 0.875. The summed E-state index contributed by atoms with van der Waals surface area (Å²) in [5, 5.41) is 0. The second-order valence-electron chi connectivity index (χ2n) is 7.94. The van der Waals surface area contributed by atoms with E-state index in [1.165, 1.54) is 0 Å². The first kappa shape index (κ1) is 26.3. The molecule has 0 aromatic heterocycles. The van der Waals surface area contributed by atoms with Gasteiger partial charge in [-0.2, -0.15) is 0 Å². The molecule has 0 N–H and O–H groups in total. The molecule has 126 valence electrons. The van der Waals surface area contributed by atoms with Crippen molar-refractivity contribution in [2.45, 2.75) is 52.6 Å². The second kappa shape index (κ2) is 10.9. The maximum atomic E-state index is 4.16. The predicted octanol–water partition coefficient (Wildman–Crippen LogP) is 2.30. The molecule has 1 rings (SSSR count). The van der Waals surface area contributed by atoms with Crippen molar-refractivity contribution in [1.82, 2.24) is 19.6 Å². The van der Waals surface area contributed by atoms with E-state index in [0.29, 0.717) is 0 Å². The monoisotopic (exact) mass is 460 g/mol. The minimum absolute atomic E-state index is 0. The summed E-state index contributed by atoms with van der Waals surface area (Å²) >= 11 is 0. The van der Waals surface area contributed by atoms with E-state index in [9.17, 15) is 0 Å². The van der Waals surface area contributed by atoms with Gasteiger partial charge in [-0.15, -0.1) is 0 Å². The molecule has 0 aliphatic carbocycles. The molecule has 22 heavy (non-hydrogen) atoms. The molecule has 1 aliphatic rings. The van der Waals surface area contributed by atoms with Gasteiger partial charge in [-0.25, -0.2) is 0 Å². The minimum atomic E-state index is 0. The third kappa shape index (κ3) is 9.51. The van der Waals surface area contributed by atoms with Gasteiger partial charge >= 0.3 is 0 Å². The van der Waals surface area contributed by atoms with Crippen molar-refractivity contribution >= 4 is 0 Å². The Kier molecular flexibility index (Phi) is 13.0. The first-order valence-corrected chi connectivity index (χ1v) is 7.61. The van der Waals surface area contributed by atoms with Crippen LogP contribution < -0.4 is 0 Å². The van der Waals surface area contributed by atoms with Gasteiger partial charge in [-0.05, 0) is 52.6 Å². The molecule has 4 nitrogen and oxygen atoms in total. The van der Waals surface area contributed by atoms with E-state index in [0.717, 1.165) is 39.5 Å². The van der Waals surface area contributed by atoms with Crippen molar-refractivity contribution in [3.05, 3.63) is 14.1 Å². The average Bonchev–Trinajstić information content (AvgIpc) is 2.29. The summed E-state index contributed by atoms with van der Waals surface area (Å²) in [6.07, 6.45) is 0. The molecule has 0 spiro atoms. The third-order valence-corrected chi connectivity index (χ3v) is 4.10. The third-order valence-electron chi connectivity index (χ3n) is 4.10. The zero-order valence-electron chi connectivity index (χ0n) is 15.6. The van der Waals surface area contributed by atoms with Crippen molar-refractivity contribution in [1.29, 1.82) is 0 Å². The molecular weight excluding hydrogens is 426 g/mol. The van der Waals surface area contributed by atoms with Crippen molar-refractivity contribution < 1.29 is 65.4 Å². The topological polar surface area (TPSA) is 13.0 Å². The Balaban J connectivity index is 0. The summed E-state index contributed by atoms with van der Waals surface area (Å²) in [6, 6.07) is 0. The normalized spacial score (nSPS) is 18.3. The summed E-state index contributed by atoms with van der Waals surface area (Å²) in [4.78, 5) is 9.32. The standard InChI is InChI=1S/C16H34N4.2Y/c1-15(2,3)17(7)13-19-9-11-20(12-10-19)14-18(8)16(4,5)6;;/h7-14H2,1-6H3;;/q-2;;. The van der Waals surface area contributed by atoms with Crippen LogP contribution in [0.4, 0.5) is 0 Å². The van der Waals surface area contributed by atoms with Crippen LogP contribution in [0, 0.1) is 14.1 Å². The average molecular weight is 460 g/mol. The van der Waals surface area contributed by atoms with Gasteiger partial charge in [0.25, 0.3) is 0 Å². The Labute approximate surface area is 189 Å². The van der Waals surface area contributed by atoms with E-state index in [1.807, 2.05) is 0 Å². The Hall–Kier alpha value is 2.05. The van der Waals surface area contributed by atoms with E-state index >= 15 is 0 Å². The fourth-order valence-electron chi connectivity index (χ4n) is 1.98. The summed E-state index contributed by atoms with van der Waals surface area (Å²) in [7, 11) is 8.33. The maximum absolute atomic E-state index is 4.16. The van der Waals surface area contributed by atoms with Crippen LogP contribution in [0.5, 0.6) is 0 Å². The van der Waals surface area contributed by atoms with E-state index in [2.05, 4.69) is 75.2 Å². The summed E-state index contributed by atoms with van der Waals surface area (Å²) in [5.74, 6) is 0. The van der Waals surface area contributed by atoms with Crippen molar-refractivity contribution in [2.24, 2.45) is 0 Å². The van der Waals surface area contributed by atoms with Crippen molar-refractivity contribution in [2.75, 3.05) is 39.5 Å². The Morgan fingerprint density at radius 2 is 0.909 bits per heavy atom. The molecule has 1 fully saturated rings. The van der Waals surface area contributed by atoms with Crippen molar-refractivity contribution in [3.8, 4) is 0 Å². The van der Waals surface area contributed by atoms with Gasteiger partial charge in [0.2, 0.25) is 0 Å². The molecule has 0 aromatic rings. The first-order chi connectivity index (χ1) is 9.00. The van der Waals surface area contributed by atoms with E-state index in [4.69, 9.17) is 0 Å². The number of rotatable bonds is 4. The van der Waals surface area contributed by atoms with Crippen LogP contribution >= 0.6 is 0 Å². The molecule has 1 aliphatic heterocycles. The van der Waals surface area contributed by atoms with Crippen LogP contribution in [0.3, 0.4) is 0 Å². The van der Waals surface area contributed by atoms with Gasteiger partial charge in [-0.3, -0.25) is 23.9 Å². The molecule has 0 unspecified atom stereocenters. The van der Waals surface area contributed by atoms with Gasteiger partial charge in [0.15, 0.2) is 0 Å². The van der Waals surface area contributed by atoms with Crippen LogP contribution in [0.15, 0.2) is 0 Å². The molecule has 0 amide bonds. The van der Waals surface area contributed by atoms with E-state index in [1.54, 1.807) is 0 Å². The number of piperazine rings is 1. The molecule has 1 saturated heterocycles. The Morgan fingerprint density at radius 1 is 0.682 bits per heavy atom. The Morgan fingerprint density at radius 3 is 1.09 bits per heavy atom. The molecule has 0 atom stereocenters. The summed E-state index contributed by atoms with van der Waals surface area (Å²) in [5.41, 5.74) is 0.265. The van der Waals surface area contributed by atoms with Gasteiger partial charge < -0.3 is 9.80 Å². The summed E-state index contributed by atoms with van der Waals surface area (Å²) in [6.45, 7) is 19.6. The van der Waals surface area contributed by atoms with Gasteiger partial charge in [0.1, 0.15) is 0 Å². The SMILES string of the molecule is [CH2-]N(CN1CCN(CN([CH2-])C(C)(C)C)CC1)C(C)(C)C.[Y].[Y]. The molecule has 0 aromatic carbocycles. The molecule has 0 bridgehead atoms. The second-order valence-corrected chi connectivity index (χ2v) is 7.94. The minimum Gasteiger partial charge on any atom is -0.443 e. The van der Waals surface area contributed by atoms with Crippen LogP contribution in [-0.4, -0.2) is 70.2 Å². The molecule has 1 heterocycles. The number of hydrogen-bond donors (Lipinski definition) is 0. The summed E-state index contributed by atoms with van der Waals surface area (Å²) < 4.78 is 0. The Bertz CT molecular complexity index is 262. The number of hydrogen-bond acceptors (Lipinski definition) is 4. The fourth-order valence-corrected chi connectivity index (χ4v) is 1.98. The van der Waals surface area contributed by atoms with Crippen LogP contribution in [-0.2, 0) is 65.4 Å². The molecule has 0 saturated carbocycles. The van der Waals surface area contributed by atoms with Gasteiger partial charge in [-0.1, -0.05) is 0 Å². The number of nitrogens with zero attached hydrogens (tertiary/aromatic N) is 4. The van der Waals surface area contributed by atoms with Crippen molar-refractivity contribution in [3.63, 3.8) is 0 Å². The van der Waals surface area contributed by atoms with Crippen LogP contribution in [0.25, 0.3) is 0 Å². The van der Waals surface area contributed by atoms with E-state index < -0.39 is 0 Å². The maximum Gasteiger partial charge on any atom is 0.0237 e. The largest absolute Gasteiger partial charge is 0.443 e. The zero-order valence-corrected chi connectivity index (χ0v) is 21.3. The van der Waals surface area contributed by atoms with Gasteiger partial charge in [0, 0.05) is 105 Å².